The number of carbonyl (C=O) groups excluding carboxylic acids is 2. The number of primary amides is 1. The van der Waals surface area contributed by atoms with E-state index in [0.717, 1.165) is 15.6 Å². The standard InChI is InChI=1S/C18H16N2O2S/c1-11-13-9-5-6-10-14(13)23-16(11)18(22)20-15(17(19)21)12-7-3-2-4-8-12/h2-10,15H,1H3,(H2,19,21)(H,20,22)/t15-/m0/s1. The van der Waals surface area contributed by atoms with Crippen LogP contribution in [0.2, 0.25) is 0 Å². The van der Waals surface area contributed by atoms with Crippen LogP contribution < -0.4 is 11.1 Å². The van der Waals surface area contributed by atoms with E-state index < -0.39 is 11.9 Å². The fourth-order valence-corrected chi connectivity index (χ4v) is 3.66. The third kappa shape index (κ3) is 2.96. The molecule has 0 aliphatic rings. The van der Waals surface area contributed by atoms with Gasteiger partial charge in [0.2, 0.25) is 5.91 Å². The summed E-state index contributed by atoms with van der Waals surface area (Å²) in [5.74, 6) is -0.861. The number of hydrogen-bond acceptors (Lipinski definition) is 3. The van der Waals surface area contributed by atoms with Gasteiger partial charge in [-0.15, -0.1) is 11.3 Å². The summed E-state index contributed by atoms with van der Waals surface area (Å²) >= 11 is 1.42. The Labute approximate surface area is 137 Å². The molecule has 0 bridgehead atoms. The highest BCUT2D eigenvalue weighted by Crippen LogP contribution is 2.30. The van der Waals surface area contributed by atoms with E-state index >= 15 is 0 Å². The first-order valence-corrected chi connectivity index (χ1v) is 8.03. The first kappa shape index (κ1) is 15.2. The molecule has 0 aliphatic carbocycles. The molecule has 0 saturated carbocycles. The topological polar surface area (TPSA) is 72.2 Å². The second-order valence-electron chi connectivity index (χ2n) is 5.27. The zero-order chi connectivity index (χ0) is 16.4. The molecular weight excluding hydrogens is 308 g/mol. The van der Waals surface area contributed by atoms with Crippen LogP contribution in [0.3, 0.4) is 0 Å². The van der Waals surface area contributed by atoms with Crippen LogP contribution in [0.15, 0.2) is 54.6 Å². The number of benzene rings is 2. The average molecular weight is 324 g/mol. The highest BCUT2D eigenvalue weighted by molar-refractivity contribution is 7.21. The Morgan fingerprint density at radius 1 is 1.04 bits per heavy atom. The van der Waals surface area contributed by atoms with E-state index in [4.69, 9.17) is 5.73 Å². The molecule has 1 atom stereocenters. The minimum atomic E-state index is -0.840. The second kappa shape index (κ2) is 6.22. The summed E-state index contributed by atoms with van der Waals surface area (Å²) in [5, 5.41) is 3.80. The van der Waals surface area contributed by atoms with Crippen molar-refractivity contribution in [1.82, 2.24) is 5.32 Å². The van der Waals surface area contributed by atoms with Gasteiger partial charge in [0.1, 0.15) is 6.04 Å². The fourth-order valence-electron chi connectivity index (χ4n) is 2.55. The largest absolute Gasteiger partial charge is 0.368 e. The van der Waals surface area contributed by atoms with Crippen LogP contribution >= 0.6 is 11.3 Å². The lowest BCUT2D eigenvalue weighted by Crippen LogP contribution is -2.37. The Morgan fingerprint density at radius 2 is 1.70 bits per heavy atom. The Bertz CT molecular complexity index is 871. The van der Waals surface area contributed by atoms with Crippen molar-refractivity contribution in [3.8, 4) is 0 Å². The predicted molar refractivity (Wildman–Crippen MR) is 92.4 cm³/mol. The molecule has 3 aromatic rings. The van der Waals surface area contributed by atoms with Crippen molar-refractivity contribution in [2.24, 2.45) is 5.73 Å². The summed E-state index contributed by atoms with van der Waals surface area (Å²) < 4.78 is 1.05. The van der Waals surface area contributed by atoms with Crippen molar-refractivity contribution in [3.63, 3.8) is 0 Å². The van der Waals surface area contributed by atoms with Crippen LogP contribution in [0.25, 0.3) is 10.1 Å². The molecule has 0 saturated heterocycles. The molecule has 1 aromatic heterocycles. The molecule has 116 valence electrons. The van der Waals surface area contributed by atoms with Crippen molar-refractivity contribution in [3.05, 3.63) is 70.6 Å². The quantitative estimate of drug-likeness (QED) is 0.774. The van der Waals surface area contributed by atoms with Crippen molar-refractivity contribution in [1.29, 1.82) is 0 Å². The maximum Gasteiger partial charge on any atom is 0.262 e. The van der Waals surface area contributed by atoms with E-state index in [1.54, 1.807) is 12.1 Å². The minimum absolute atomic E-state index is 0.281. The summed E-state index contributed by atoms with van der Waals surface area (Å²) in [6, 6.07) is 16.0. The van der Waals surface area contributed by atoms with E-state index in [-0.39, 0.29) is 5.91 Å². The van der Waals surface area contributed by atoms with Crippen LogP contribution in [0.1, 0.15) is 26.8 Å². The molecule has 3 N–H and O–H groups in total. The van der Waals surface area contributed by atoms with Crippen LogP contribution in [0, 0.1) is 6.92 Å². The van der Waals surface area contributed by atoms with Gasteiger partial charge in [0.15, 0.2) is 0 Å². The van der Waals surface area contributed by atoms with E-state index in [1.807, 2.05) is 49.4 Å². The normalized spacial score (nSPS) is 12.0. The molecule has 0 fully saturated rings. The summed E-state index contributed by atoms with van der Waals surface area (Å²) in [4.78, 5) is 25.0. The van der Waals surface area contributed by atoms with Gasteiger partial charge in [-0.05, 0) is 29.5 Å². The molecule has 5 heteroatoms. The van der Waals surface area contributed by atoms with Crippen molar-refractivity contribution >= 4 is 33.2 Å². The zero-order valence-electron chi connectivity index (χ0n) is 12.6. The summed E-state index contributed by atoms with van der Waals surface area (Å²) in [5.41, 5.74) is 7.05. The van der Waals surface area contributed by atoms with Crippen molar-refractivity contribution < 1.29 is 9.59 Å². The molecule has 3 rings (SSSR count). The molecule has 2 amide bonds. The van der Waals surface area contributed by atoms with Gasteiger partial charge < -0.3 is 11.1 Å². The van der Waals surface area contributed by atoms with Gasteiger partial charge in [0.05, 0.1) is 4.88 Å². The molecule has 0 radical (unpaired) electrons. The predicted octanol–water partition coefficient (Wildman–Crippen LogP) is 3.17. The summed E-state index contributed by atoms with van der Waals surface area (Å²) in [6.07, 6.45) is 0. The third-order valence-electron chi connectivity index (χ3n) is 3.74. The highest BCUT2D eigenvalue weighted by atomic mass is 32.1. The first-order valence-electron chi connectivity index (χ1n) is 7.21. The molecule has 0 aliphatic heterocycles. The number of nitrogens with one attached hydrogen (secondary N) is 1. The maximum atomic E-state index is 12.6. The van der Waals surface area contributed by atoms with Gasteiger partial charge in [0.25, 0.3) is 5.91 Å². The SMILES string of the molecule is Cc1c(C(=O)N[C@H](C(N)=O)c2ccccc2)sc2ccccc12. The number of amides is 2. The zero-order valence-corrected chi connectivity index (χ0v) is 13.4. The minimum Gasteiger partial charge on any atom is -0.368 e. The Balaban J connectivity index is 1.92. The van der Waals surface area contributed by atoms with Gasteiger partial charge >= 0.3 is 0 Å². The van der Waals surface area contributed by atoms with Crippen molar-refractivity contribution in [2.45, 2.75) is 13.0 Å². The smallest absolute Gasteiger partial charge is 0.262 e. The van der Waals surface area contributed by atoms with E-state index in [2.05, 4.69) is 5.32 Å². The average Bonchev–Trinajstić information content (AvgIpc) is 2.90. The van der Waals surface area contributed by atoms with Gasteiger partial charge in [0, 0.05) is 4.70 Å². The number of aryl methyl sites for hydroxylation is 1. The van der Waals surface area contributed by atoms with E-state index in [9.17, 15) is 9.59 Å². The Morgan fingerprint density at radius 3 is 2.35 bits per heavy atom. The van der Waals surface area contributed by atoms with Crippen molar-refractivity contribution in [2.75, 3.05) is 0 Å². The van der Waals surface area contributed by atoms with Gasteiger partial charge in [-0.3, -0.25) is 9.59 Å². The monoisotopic (exact) mass is 324 g/mol. The first-order chi connectivity index (χ1) is 11.1. The van der Waals surface area contributed by atoms with E-state index in [0.29, 0.717) is 10.4 Å². The molecule has 23 heavy (non-hydrogen) atoms. The Kier molecular flexibility index (Phi) is 4.12. The molecule has 0 unspecified atom stereocenters. The number of hydrogen-bond donors (Lipinski definition) is 2. The second-order valence-corrected chi connectivity index (χ2v) is 6.32. The number of nitrogens with two attached hydrogens (primary N) is 1. The van der Waals surface area contributed by atoms with Gasteiger partial charge in [-0.1, -0.05) is 48.5 Å². The Hall–Kier alpha value is -2.66. The van der Waals surface area contributed by atoms with Crippen LogP contribution in [-0.2, 0) is 4.79 Å². The molecular formula is C18H16N2O2S. The van der Waals surface area contributed by atoms with Gasteiger partial charge in [-0.25, -0.2) is 0 Å². The van der Waals surface area contributed by atoms with Crippen LogP contribution in [-0.4, -0.2) is 11.8 Å². The third-order valence-corrected chi connectivity index (χ3v) is 5.01. The maximum absolute atomic E-state index is 12.6. The molecule has 0 spiro atoms. The summed E-state index contributed by atoms with van der Waals surface area (Å²) in [6.45, 7) is 1.91. The lowest BCUT2D eigenvalue weighted by atomic mass is 10.1. The summed E-state index contributed by atoms with van der Waals surface area (Å²) in [7, 11) is 0. The molecule has 1 heterocycles. The van der Waals surface area contributed by atoms with Crippen LogP contribution in [0.4, 0.5) is 0 Å². The number of thiophene rings is 1. The van der Waals surface area contributed by atoms with Crippen LogP contribution in [0.5, 0.6) is 0 Å². The number of carbonyl (C=O) groups is 2. The number of rotatable bonds is 4. The fraction of sp³-hybridized carbons (Fsp3) is 0.111. The number of fused-ring (bicyclic) bond motifs is 1. The molecule has 4 nitrogen and oxygen atoms in total. The van der Waals surface area contributed by atoms with Gasteiger partial charge in [-0.2, -0.15) is 0 Å². The lowest BCUT2D eigenvalue weighted by Gasteiger charge is -2.15. The molecule has 2 aromatic carbocycles. The lowest BCUT2D eigenvalue weighted by molar-refractivity contribution is -0.120. The highest BCUT2D eigenvalue weighted by Gasteiger charge is 2.23. The van der Waals surface area contributed by atoms with E-state index in [1.165, 1.54) is 11.3 Å².